The Morgan fingerprint density at radius 3 is 2.59 bits per heavy atom. The van der Waals surface area contributed by atoms with Gasteiger partial charge < -0.3 is 19.8 Å². The molecule has 0 aliphatic rings. The molecule has 0 spiro atoms. The average molecular weight is 309 g/mol. The maximum atomic E-state index is 11.7. The van der Waals surface area contributed by atoms with E-state index in [-0.39, 0.29) is 30.1 Å². The fourth-order valence-electron chi connectivity index (χ4n) is 2.02. The van der Waals surface area contributed by atoms with E-state index in [9.17, 15) is 14.4 Å². The maximum absolute atomic E-state index is 11.7. The number of nitrogens with one attached hydrogen (secondary N) is 1. The van der Waals surface area contributed by atoms with Crippen LogP contribution in [-0.4, -0.2) is 45.7 Å². The number of hydrogen-bond donors (Lipinski definition) is 2. The average Bonchev–Trinajstić information content (AvgIpc) is 2.90. The molecule has 0 aromatic carbocycles. The first-order valence-electron chi connectivity index (χ1n) is 6.34. The second-order valence-electron chi connectivity index (χ2n) is 4.45. The van der Waals surface area contributed by atoms with Crippen LogP contribution in [0.4, 0.5) is 5.95 Å². The van der Waals surface area contributed by atoms with Gasteiger partial charge >= 0.3 is 11.9 Å². The number of rotatable bonds is 5. The molecule has 0 aliphatic heterocycles. The first-order chi connectivity index (χ1) is 10.5. The highest BCUT2D eigenvalue weighted by Gasteiger charge is 2.28. The number of imidazole rings is 1. The number of anilines is 1. The smallest absolute Gasteiger partial charge is 0.320 e. The lowest BCUT2D eigenvalue weighted by Gasteiger charge is -2.12. The van der Waals surface area contributed by atoms with Crippen LogP contribution in [0, 0.1) is 5.92 Å². The van der Waals surface area contributed by atoms with Crippen LogP contribution in [0.15, 0.2) is 11.1 Å². The third-order valence-corrected chi connectivity index (χ3v) is 3.12. The van der Waals surface area contributed by atoms with Gasteiger partial charge in [-0.25, -0.2) is 4.98 Å². The van der Waals surface area contributed by atoms with Crippen molar-refractivity contribution in [2.24, 2.45) is 5.92 Å². The van der Waals surface area contributed by atoms with E-state index in [1.54, 1.807) is 0 Å². The molecule has 2 aromatic rings. The summed E-state index contributed by atoms with van der Waals surface area (Å²) in [5, 5.41) is 0. The van der Waals surface area contributed by atoms with Crippen molar-refractivity contribution in [1.82, 2.24) is 19.5 Å². The number of H-pyrrole nitrogens is 1. The SMILES string of the molecule is COC(=O)C(CCn1cnc2c(=O)[nH]c(N)nc21)C(=O)OC. The summed E-state index contributed by atoms with van der Waals surface area (Å²) in [5.74, 6) is -2.49. The van der Waals surface area contributed by atoms with Crippen molar-refractivity contribution in [3.63, 3.8) is 0 Å². The van der Waals surface area contributed by atoms with E-state index in [2.05, 4.69) is 24.4 Å². The number of nitrogens with zero attached hydrogens (tertiary/aromatic N) is 3. The fraction of sp³-hybridized carbons (Fsp3) is 0.417. The Morgan fingerprint density at radius 2 is 2.00 bits per heavy atom. The van der Waals surface area contributed by atoms with Gasteiger partial charge in [-0.3, -0.25) is 19.4 Å². The first-order valence-corrected chi connectivity index (χ1v) is 6.34. The molecule has 0 saturated heterocycles. The lowest BCUT2D eigenvalue weighted by atomic mass is 10.1. The Bertz CT molecular complexity index is 749. The second kappa shape index (κ2) is 6.24. The zero-order chi connectivity index (χ0) is 16.3. The maximum Gasteiger partial charge on any atom is 0.320 e. The Labute approximate surface area is 124 Å². The van der Waals surface area contributed by atoms with Crippen molar-refractivity contribution in [3.05, 3.63) is 16.7 Å². The highest BCUT2D eigenvalue weighted by Crippen LogP contribution is 2.13. The van der Waals surface area contributed by atoms with Crippen LogP contribution in [0.3, 0.4) is 0 Å². The molecule has 3 N–H and O–H groups in total. The monoisotopic (exact) mass is 309 g/mol. The molecule has 118 valence electrons. The minimum atomic E-state index is -1.06. The number of nitrogens with two attached hydrogens (primary N) is 1. The molecular weight excluding hydrogens is 294 g/mol. The number of ether oxygens (including phenoxy) is 2. The molecule has 0 saturated carbocycles. The second-order valence-corrected chi connectivity index (χ2v) is 4.45. The molecule has 2 aromatic heterocycles. The molecule has 10 nitrogen and oxygen atoms in total. The number of hydrogen-bond acceptors (Lipinski definition) is 8. The van der Waals surface area contributed by atoms with Gasteiger partial charge in [-0.05, 0) is 6.42 Å². The Balaban J connectivity index is 2.25. The summed E-state index contributed by atoms with van der Waals surface area (Å²) in [6, 6.07) is 0. The number of aryl methyl sites for hydroxylation is 1. The van der Waals surface area contributed by atoms with Crippen LogP contribution in [-0.2, 0) is 25.6 Å². The van der Waals surface area contributed by atoms with Gasteiger partial charge in [0.25, 0.3) is 5.56 Å². The number of methoxy groups -OCH3 is 2. The third kappa shape index (κ3) is 2.90. The number of esters is 2. The van der Waals surface area contributed by atoms with Crippen LogP contribution in [0.25, 0.3) is 11.2 Å². The van der Waals surface area contributed by atoms with E-state index in [1.165, 1.54) is 25.1 Å². The van der Waals surface area contributed by atoms with E-state index in [1.807, 2.05) is 0 Å². The highest BCUT2D eigenvalue weighted by molar-refractivity contribution is 5.94. The summed E-state index contributed by atoms with van der Waals surface area (Å²) in [6.45, 7) is 0.210. The molecule has 2 rings (SSSR count). The predicted molar refractivity (Wildman–Crippen MR) is 74.7 cm³/mol. The largest absolute Gasteiger partial charge is 0.468 e. The topological polar surface area (TPSA) is 142 Å². The van der Waals surface area contributed by atoms with Gasteiger partial charge in [-0.2, -0.15) is 4.98 Å². The molecule has 0 amide bonds. The number of fused-ring (bicyclic) bond motifs is 1. The number of aromatic amines is 1. The van der Waals surface area contributed by atoms with Gasteiger partial charge in [0, 0.05) is 6.54 Å². The molecule has 0 unspecified atom stereocenters. The fourth-order valence-corrected chi connectivity index (χ4v) is 2.02. The van der Waals surface area contributed by atoms with E-state index in [4.69, 9.17) is 5.73 Å². The number of nitrogen functional groups attached to an aromatic ring is 1. The van der Waals surface area contributed by atoms with Crippen LogP contribution < -0.4 is 11.3 Å². The van der Waals surface area contributed by atoms with Crippen LogP contribution in [0.5, 0.6) is 0 Å². The predicted octanol–water partition coefficient (Wildman–Crippen LogP) is -0.946. The summed E-state index contributed by atoms with van der Waals surface area (Å²) < 4.78 is 10.7. The lowest BCUT2D eigenvalue weighted by Crippen LogP contribution is -2.27. The molecule has 0 atom stereocenters. The van der Waals surface area contributed by atoms with E-state index >= 15 is 0 Å². The van der Waals surface area contributed by atoms with Crippen molar-refractivity contribution < 1.29 is 19.1 Å². The summed E-state index contributed by atoms with van der Waals surface area (Å²) in [6.07, 6.45) is 1.50. The van der Waals surface area contributed by atoms with Gasteiger partial charge in [0.1, 0.15) is 0 Å². The molecule has 2 heterocycles. The molecule has 0 bridgehead atoms. The van der Waals surface area contributed by atoms with E-state index in [0.29, 0.717) is 0 Å². The number of carbonyl (C=O) groups excluding carboxylic acids is 2. The van der Waals surface area contributed by atoms with Crippen molar-refractivity contribution in [2.45, 2.75) is 13.0 Å². The van der Waals surface area contributed by atoms with Crippen molar-refractivity contribution in [2.75, 3.05) is 20.0 Å². The molecule has 0 fully saturated rings. The number of carbonyl (C=O) groups is 2. The first kappa shape index (κ1) is 15.5. The molecule has 0 aliphatic carbocycles. The molecule has 22 heavy (non-hydrogen) atoms. The van der Waals surface area contributed by atoms with Gasteiger partial charge in [0.2, 0.25) is 5.95 Å². The van der Waals surface area contributed by atoms with Crippen molar-refractivity contribution in [1.29, 1.82) is 0 Å². The van der Waals surface area contributed by atoms with Crippen LogP contribution >= 0.6 is 0 Å². The summed E-state index contributed by atoms with van der Waals surface area (Å²) in [4.78, 5) is 45.1. The van der Waals surface area contributed by atoms with Gasteiger partial charge in [0.15, 0.2) is 17.1 Å². The summed E-state index contributed by atoms with van der Waals surface area (Å²) in [7, 11) is 2.37. The third-order valence-electron chi connectivity index (χ3n) is 3.12. The van der Waals surface area contributed by atoms with E-state index < -0.39 is 23.4 Å². The molecular formula is C12H15N5O5. The Kier molecular flexibility index (Phi) is 4.39. The number of aromatic nitrogens is 4. The van der Waals surface area contributed by atoms with Gasteiger partial charge in [-0.1, -0.05) is 0 Å². The highest BCUT2D eigenvalue weighted by atomic mass is 16.5. The summed E-state index contributed by atoms with van der Waals surface area (Å²) in [5.41, 5.74) is 5.43. The quantitative estimate of drug-likeness (QED) is 0.532. The minimum absolute atomic E-state index is 0.0447. The van der Waals surface area contributed by atoms with Crippen molar-refractivity contribution in [3.8, 4) is 0 Å². The van der Waals surface area contributed by atoms with E-state index in [0.717, 1.165) is 0 Å². The Hall–Kier alpha value is -2.91. The van der Waals surface area contributed by atoms with Crippen LogP contribution in [0.2, 0.25) is 0 Å². The van der Waals surface area contributed by atoms with Gasteiger partial charge in [-0.15, -0.1) is 0 Å². The zero-order valence-corrected chi connectivity index (χ0v) is 12.0. The lowest BCUT2D eigenvalue weighted by molar-refractivity contribution is -0.159. The normalized spacial score (nSPS) is 10.9. The standard InChI is InChI=1S/C12H15N5O5/c1-21-10(19)6(11(20)22-2)3-4-17-5-14-7-8(17)15-12(13)16-9(7)18/h5-6H,3-4H2,1-2H3,(H3,13,15,16,18). The molecule has 0 radical (unpaired) electrons. The Morgan fingerprint density at radius 1 is 1.36 bits per heavy atom. The van der Waals surface area contributed by atoms with Crippen LogP contribution in [0.1, 0.15) is 6.42 Å². The summed E-state index contributed by atoms with van der Waals surface area (Å²) >= 11 is 0. The van der Waals surface area contributed by atoms with Crippen molar-refractivity contribution >= 4 is 29.1 Å². The molecule has 10 heteroatoms. The minimum Gasteiger partial charge on any atom is -0.468 e. The van der Waals surface area contributed by atoms with Gasteiger partial charge in [0.05, 0.1) is 20.5 Å². The zero-order valence-electron chi connectivity index (χ0n) is 12.0.